The topological polar surface area (TPSA) is 96.0 Å². The van der Waals surface area contributed by atoms with Crippen molar-refractivity contribution < 1.29 is 4.74 Å². The number of ether oxygens (including phenoxy) is 1. The monoisotopic (exact) mass is 484 g/mol. The average molecular weight is 485 g/mol. The summed E-state index contributed by atoms with van der Waals surface area (Å²) in [5.74, 6) is 1.46. The molecule has 36 heavy (non-hydrogen) atoms. The van der Waals surface area contributed by atoms with Crippen molar-refractivity contribution in [1.29, 1.82) is 0 Å². The summed E-state index contributed by atoms with van der Waals surface area (Å²) in [5.41, 5.74) is 4.51. The smallest absolute Gasteiger partial charge is 0.259 e. The van der Waals surface area contributed by atoms with E-state index in [1.807, 2.05) is 12.1 Å². The highest BCUT2D eigenvalue weighted by Crippen LogP contribution is 2.33. The minimum atomic E-state index is -0.198. The van der Waals surface area contributed by atoms with Crippen LogP contribution >= 0.6 is 0 Å². The van der Waals surface area contributed by atoms with Crippen LogP contribution in [-0.4, -0.2) is 51.1 Å². The molecule has 186 valence electrons. The predicted octanol–water partition coefficient (Wildman–Crippen LogP) is 5.03. The molecule has 2 N–H and O–H groups in total. The van der Waals surface area contributed by atoms with Gasteiger partial charge in [0, 0.05) is 17.9 Å². The molecule has 5 rings (SSSR count). The molecule has 8 nitrogen and oxygen atoms in total. The van der Waals surface area contributed by atoms with Gasteiger partial charge in [0.25, 0.3) is 5.56 Å². The van der Waals surface area contributed by atoms with Crippen LogP contribution in [0.4, 0.5) is 11.5 Å². The van der Waals surface area contributed by atoms with E-state index in [1.54, 1.807) is 25.7 Å². The molecule has 1 aliphatic heterocycles. The van der Waals surface area contributed by atoms with E-state index in [1.165, 1.54) is 24.0 Å². The number of benzene rings is 1. The Balaban J connectivity index is 1.47. The van der Waals surface area contributed by atoms with Gasteiger partial charge in [-0.3, -0.25) is 9.78 Å². The number of nitrogens with zero attached hydrogens (tertiary/aromatic N) is 4. The molecule has 1 saturated heterocycles. The van der Waals surface area contributed by atoms with Crippen LogP contribution in [-0.2, 0) is 0 Å². The molecule has 0 spiro atoms. The zero-order valence-corrected chi connectivity index (χ0v) is 21.2. The summed E-state index contributed by atoms with van der Waals surface area (Å²) in [6.45, 7) is 8.98. The van der Waals surface area contributed by atoms with E-state index in [-0.39, 0.29) is 5.56 Å². The molecule has 8 heteroatoms. The molecule has 0 unspecified atom stereocenters. The molecular weight excluding hydrogens is 452 g/mol. The number of rotatable bonds is 6. The summed E-state index contributed by atoms with van der Waals surface area (Å²) >= 11 is 0. The number of piperidine rings is 1. The fraction of sp³-hybridized carbons (Fsp3) is 0.357. The van der Waals surface area contributed by atoms with Gasteiger partial charge in [-0.25, -0.2) is 9.97 Å². The first-order valence-corrected chi connectivity index (χ1v) is 12.4. The second-order valence-electron chi connectivity index (χ2n) is 9.67. The number of aromatic amines is 1. The Kier molecular flexibility index (Phi) is 6.69. The first-order chi connectivity index (χ1) is 17.4. The Labute approximate surface area is 210 Å². The third kappa shape index (κ3) is 4.81. The Morgan fingerprint density at radius 3 is 2.61 bits per heavy atom. The normalized spacial score (nSPS) is 14.9. The van der Waals surface area contributed by atoms with Gasteiger partial charge in [0.15, 0.2) is 0 Å². The standard InChI is InChI=1S/C28H32N6O2/c1-17(2)34-11-8-19(9-12-34)22-6-5-21(13-18(22)3)31-27-26-20(7-10-30-28(26)35)14-23(33-27)24-15-29-16-25(32-24)36-4/h5-7,10,13-17,19H,8-9,11-12H2,1-4H3,(H,30,35)(H,31,33). The van der Waals surface area contributed by atoms with E-state index in [9.17, 15) is 4.79 Å². The largest absolute Gasteiger partial charge is 0.480 e. The van der Waals surface area contributed by atoms with Gasteiger partial charge in [-0.2, -0.15) is 0 Å². The van der Waals surface area contributed by atoms with Gasteiger partial charge >= 0.3 is 0 Å². The molecule has 4 heterocycles. The highest BCUT2D eigenvalue weighted by atomic mass is 16.5. The second kappa shape index (κ2) is 10.1. The molecular formula is C28H32N6O2. The molecule has 0 aliphatic carbocycles. The van der Waals surface area contributed by atoms with Crippen LogP contribution in [0.2, 0.25) is 0 Å². The van der Waals surface area contributed by atoms with E-state index < -0.39 is 0 Å². The molecule has 0 atom stereocenters. The first-order valence-electron chi connectivity index (χ1n) is 12.4. The van der Waals surface area contributed by atoms with Crippen molar-refractivity contribution in [2.75, 3.05) is 25.5 Å². The fourth-order valence-electron chi connectivity index (χ4n) is 5.08. The molecule has 4 aromatic rings. The number of aryl methyl sites for hydroxylation is 1. The van der Waals surface area contributed by atoms with Gasteiger partial charge < -0.3 is 19.9 Å². The van der Waals surface area contributed by atoms with E-state index in [0.717, 1.165) is 24.2 Å². The fourth-order valence-corrected chi connectivity index (χ4v) is 5.08. The number of anilines is 2. The van der Waals surface area contributed by atoms with E-state index in [4.69, 9.17) is 9.72 Å². The number of fused-ring (bicyclic) bond motifs is 1. The number of likely N-dealkylation sites (tertiary alicyclic amines) is 1. The summed E-state index contributed by atoms with van der Waals surface area (Å²) < 4.78 is 5.23. The summed E-state index contributed by atoms with van der Waals surface area (Å²) in [5, 5.41) is 4.67. The van der Waals surface area contributed by atoms with Crippen molar-refractivity contribution in [2.24, 2.45) is 0 Å². The minimum absolute atomic E-state index is 0.198. The van der Waals surface area contributed by atoms with Crippen LogP contribution in [0.1, 0.15) is 43.7 Å². The summed E-state index contributed by atoms with van der Waals surface area (Å²) in [6.07, 6.45) is 7.18. The second-order valence-corrected chi connectivity index (χ2v) is 9.67. The summed E-state index contributed by atoms with van der Waals surface area (Å²) in [4.78, 5) is 31.5. The van der Waals surface area contributed by atoms with Crippen molar-refractivity contribution in [3.8, 4) is 17.3 Å². The SMILES string of the molecule is COc1cncc(-c2cc3cc[nH]c(=O)c3c(Nc3ccc(C4CCN(C(C)C)CC4)c(C)c3)n2)n1. The number of hydrogen-bond acceptors (Lipinski definition) is 7. The zero-order chi connectivity index (χ0) is 25.2. The molecule has 1 aliphatic rings. The van der Waals surface area contributed by atoms with Crippen molar-refractivity contribution >= 4 is 22.3 Å². The van der Waals surface area contributed by atoms with E-state index in [0.29, 0.717) is 40.4 Å². The maximum absolute atomic E-state index is 12.8. The molecule has 0 radical (unpaired) electrons. The van der Waals surface area contributed by atoms with Gasteiger partial charge in [-0.1, -0.05) is 6.07 Å². The van der Waals surface area contributed by atoms with Crippen LogP contribution in [0.25, 0.3) is 22.2 Å². The maximum atomic E-state index is 12.8. The van der Waals surface area contributed by atoms with E-state index in [2.05, 4.69) is 64.1 Å². The van der Waals surface area contributed by atoms with Crippen LogP contribution in [0.15, 0.2) is 53.7 Å². The number of aromatic nitrogens is 4. The minimum Gasteiger partial charge on any atom is -0.480 e. The van der Waals surface area contributed by atoms with Crippen molar-refractivity contribution in [1.82, 2.24) is 24.8 Å². The first kappa shape index (κ1) is 23.9. The Morgan fingerprint density at radius 2 is 1.89 bits per heavy atom. The lowest BCUT2D eigenvalue weighted by molar-refractivity contribution is 0.171. The summed E-state index contributed by atoms with van der Waals surface area (Å²) in [7, 11) is 1.55. The molecule has 0 bridgehead atoms. The molecule has 1 fully saturated rings. The number of nitrogens with one attached hydrogen (secondary N) is 2. The van der Waals surface area contributed by atoms with Gasteiger partial charge in [0.1, 0.15) is 11.5 Å². The number of pyridine rings is 2. The Hall–Kier alpha value is -3.78. The van der Waals surface area contributed by atoms with Crippen LogP contribution in [0.5, 0.6) is 5.88 Å². The lowest BCUT2D eigenvalue weighted by atomic mass is 9.86. The van der Waals surface area contributed by atoms with E-state index >= 15 is 0 Å². The lowest BCUT2D eigenvalue weighted by Gasteiger charge is -2.35. The summed E-state index contributed by atoms with van der Waals surface area (Å²) in [6, 6.07) is 10.8. The van der Waals surface area contributed by atoms with Crippen molar-refractivity contribution in [3.63, 3.8) is 0 Å². The highest BCUT2D eigenvalue weighted by Gasteiger charge is 2.23. The number of methoxy groups -OCH3 is 1. The van der Waals surface area contributed by atoms with Crippen LogP contribution in [0.3, 0.4) is 0 Å². The maximum Gasteiger partial charge on any atom is 0.259 e. The molecule has 3 aromatic heterocycles. The van der Waals surface area contributed by atoms with Crippen molar-refractivity contribution in [2.45, 2.75) is 45.6 Å². The lowest BCUT2D eigenvalue weighted by Crippen LogP contribution is -2.37. The zero-order valence-electron chi connectivity index (χ0n) is 21.2. The van der Waals surface area contributed by atoms with Gasteiger partial charge in [-0.15, -0.1) is 0 Å². The van der Waals surface area contributed by atoms with Gasteiger partial charge in [0.2, 0.25) is 5.88 Å². The van der Waals surface area contributed by atoms with Gasteiger partial charge in [-0.05, 0) is 93.4 Å². The number of hydrogen-bond donors (Lipinski definition) is 2. The number of H-pyrrole nitrogens is 1. The predicted molar refractivity (Wildman–Crippen MR) is 143 cm³/mol. The van der Waals surface area contributed by atoms with Crippen molar-refractivity contribution in [3.05, 3.63) is 70.4 Å². The molecule has 1 aromatic carbocycles. The Bertz CT molecular complexity index is 1440. The van der Waals surface area contributed by atoms with Gasteiger partial charge in [0.05, 0.1) is 30.6 Å². The third-order valence-corrected chi connectivity index (χ3v) is 7.07. The highest BCUT2D eigenvalue weighted by molar-refractivity contribution is 5.94. The van der Waals surface area contributed by atoms with Crippen LogP contribution in [0, 0.1) is 6.92 Å². The average Bonchev–Trinajstić information content (AvgIpc) is 2.89. The Morgan fingerprint density at radius 1 is 1.08 bits per heavy atom. The van der Waals surface area contributed by atoms with Crippen LogP contribution < -0.4 is 15.6 Å². The molecule has 0 amide bonds. The quantitative estimate of drug-likeness (QED) is 0.396. The third-order valence-electron chi connectivity index (χ3n) is 7.07. The molecule has 0 saturated carbocycles.